The Morgan fingerprint density at radius 1 is 1.36 bits per heavy atom. The van der Waals surface area contributed by atoms with E-state index < -0.39 is 0 Å². The zero-order valence-corrected chi connectivity index (χ0v) is 10.2. The van der Waals surface area contributed by atoms with Crippen molar-refractivity contribution < 1.29 is 3.07 Å². The first kappa shape index (κ1) is 9.37. The molecule has 0 aliphatic heterocycles. The summed E-state index contributed by atoms with van der Waals surface area (Å²) in [5.41, 5.74) is 1.09. The van der Waals surface area contributed by atoms with Crippen molar-refractivity contribution in [2.45, 2.75) is 0 Å². The number of rotatable bonds is 2. The maximum atomic E-state index is 5.13. The van der Waals surface area contributed by atoms with Crippen molar-refractivity contribution in [3.05, 3.63) is 24.3 Å². The fourth-order valence-electron chi connectivity index (χ4n) is 0.777. The second kappa shape index (κ2) is 4.34. The van der Waals surface area contributed by atoms with Gasteiger partial charge >= 0.3 is 0 Å². The Morgan fingerprint density at radius 2 is 2.00 bits per heavy atom. The molecule has 1 aromatic carbocycles. The van der Waals surface area contributed by atoms with E-state index in [2.05, 4.69) is 22.9 Å². The minimum absolute atomic E-state index is 0.894. The van der Waals surface area contributed by atoms with Gasteiger partial charge in [-0.2, -0.15) is 0 Å². The molecule has 0 radical (unpaired) electrons. The van der Waals surface area contributed by atoms with Crippen LogP contribution in [0, 0.1) is 0 Å². The number of anilines is 1. The van der Waals surface area contributed by atoms with Crippen LogP contribution in [-0.4, -0.2) is 7.05 Å². The molecule has 0 saturated carbocycles. The molecular weight excluding hydrogens is 368 g/mol. The van der Waals surface area contributed by atoms with Crippen LogP contribution in [0.2, 0.25) is 0 Å². The molecule has 0 aromatic heterocycles. The topological polar surface area (TPSA) is 12.5 Å². The zero-order valence-electron chi connectivity index (χ0n) is 5.92. The van der Waals surface area contributed by atoms with Gasteiger partial charge in [-0.3, -0.25) is 0 Å². The largest absolute Gasteiger partial charge is 0.425 e. The summed E-state index contributed by atoms with van der Waals surface area (Å²) in [5.74, 6) is 0.894. The van der Waals surface area contributed by atoms with Crippen LogP contribution in [0.5, 0.6) is 5.75 Å². The summed E-state index contributed by atoms with van der Waals surface area (Å²) in [5, 5.41) is 0. The van der Waals surface area contributed by atoms with Crippen LogP contribution in [0.25, 0.3) is 0 Å². The van der Waals surface area contributed by atoms with E-state index in [4.69, 9.17) is 3.07 Å². The van der Waals surface area contributed by atoms with E-state index in [1.54, 1.807) is 0 Å². The van der Waals surface area contributed by atoms with E-state index in [0.29, 0.717) is 0 Å². The molecule has 0 amide bonds. The molecular formula is C7H7I2NO. The van der Waals surface area contributed by atoms with E-state index in [-0.39, 0.29) is 0 Å². The van der Waals surface area contributed by atoms with Gasteiger partial charge in [0.15, 0.2) is 28.8 Å². The summed E-state index contributed by atoms with van der Waals surface area (Å²) in [7, 11) is 1.98. The lowest BCUT2D eigenvalue weighted by atomic mass is 10.3. The third kappa shape index (κ3) is 2.36. The Balaban J connectivity index is 3.02. The molecule has 0 aliphatic rings. The highest BCUT2D eigenvalue weighted by Gasteiger charge is 2.03. The van der Waals surface area contributed by atoms with Gasteiger partial charge in [-0.1, -0.05) is 12.1 Å². The maximum Gasteiger partial charge on any atom is 0.192 e. The number of halogens is 2. The van der Waals surface area contributed by atoms with E-state index in [9.17, 15) is 0 Å². The first-order chi connectivity index (χ1) is 5.25. The lowest BCUT2D eigenvalue weighted by Crippen LogP contribution is -1.99. The molecule has 0 N–H and O–H groups in total. The predicted molar refractivity (Wildman–Crippen MR) is 63.5 cm³/mol. The van der Waals surface area contributed by atoms with E-state index >= 15 is 0 Å². The first-order valence-corrected chi connectivity index (χ1v) is 4.87. The summed E-state index contributed by atoms with van der Waals surface area (Å²) >= 11 is 4.09. The van der Waals surface area contributed by atoms with Crippen LogP contribution < -0.4 is 6.18 Å². The summed E-state index contributed by atoms with van der Waals surface area (Å²) in [4.78, 5) is 0. The van der Waals surface area contributed by atoms with Gasteiger partial charge in [0.25, 0.3) is 0 Å². The average molecular weight is 375 g/mol. The van der Waals surface area contributed by atoms with E-state index in [0.717, 1.165) is 11.4 Å². The smallest absolute Gasteiger partial charge is 0.192 e. The first-order valence-electron chi connectivity index (χ1n) is 3.03. The SMILES string of the molecule is CN(I)c1ccccc1OI. The quantitative estimate of drug-likeness (QED) is 0.582. The van der Waals surface area contributed by atoms with E-state index in [1.165, 1.54) is 0 Å². The third-order valence-electron chi connectivity index (χ3n) is 1.28. The molecule has 11 heavy (non-hydrogen) atoms. The number of hydrogen-bond acceptors (Lipinski definition) is 2. The molecule has 0 heterocycles. The molecule has 0 unspecified atom stereocenters. The Labute approximate surface area is 94.1 Å². The minimum atomic E-state index is 0.894. The molecule has 2 nitrogen and oxygen atoms in total. The Bertz CT molecular complexity index is 240. The number of nitrogens with zero attached hydrogens (tertiary/aromatic N) is 1. The lowest BCUT2D eigenvalue weighted by molar-refractivity contribution is 0.718. The minimum Gasteiger partial charge on any atom is -0.425 e. The van der Waals surface area contributed by atoms with Crippen LogP contribution in [-0.2, 0) is 0 Å². The third-order valence-corrected chi connectivity index (χ3v) is 2.27. The fourth-order valence-corrected chi connectivity index (χ4v) is 1.55. The highest BCUT2D eigenvalue weighted by atomic mass is 127. The lowest BCUT2D eigenvalue weighted by Gasteiger charge is -2.12. The van der Waals surface area contributed by atoms with Crippen LogP contribution in [0.4, 0.5) is 5.69 Å². The van der Waals surface area contributed by atoms with Gasteiger partial charge in [0, 0.05) is 7.05 Å². The Hall–Kier alpha value is 0.280. The molecule has 0 atom stereocenters. The average Bonchev–Trinajstić information content (AvgIpc) is 2.04. The molecule has 4 heteroatoms. The summed E-state index contributed by atoms with van der Waals surface area (Å²) < 4.78 is 7.12. The van der Waals surface area contributed by atoms with Crippen LogP contribution in [0.3, 0.4) is 0 Å². The highest BCUT2D eigenvalue weighted by molar-refractivity contribution is 14.1. The van der Waals surface area contributed by atoms with Crippen LogP contribution in [0.15, 0.2) is 24.3 Å². The van der Waals surface area contributed by atoms with Gasteiger partial charge in [0.2, 0.25) is 0 Å². The Kier molecular flexibility index (Phi) is 3.70. The van der Waals surface area contributed by atoms with Crippen molar-refractivity contribution in [1.82, 2.24) is 0 Å². The van der Waals surface area contributed by atoms with Gasteiger partial charge in [0.1, 0.15) is 0 Å². The number of hydrogen-bond donors (Lipinski definition) is 0. The van der Waals surface area contributed by atoms with Gasteiger partial charge < -0.3 is 6.18 Å². The normalized spacial score (nSPS) is 9.36. The van der Waals surface area contributed by atoms with Gasteiger partial charge in [-0.25, -0.2) is 0 Å². The number of benzene rings is 1. The van der Waals surface area contributed by atoms with Crippen LogP contribution in [0.1, 0.15) is 0 Å². The van der Waals surface area contributed by atoms with Crippen molar-refractivity contribution in [2.24, 2.45) is 0 Å². The van der Waals surface area contributed by atoms with Crippen molar-refractivity contribution >= 4 is 51.6 Å². The fraction of sp³-hybridized carbons (Fsp3) is 0.143. The van der Waals surface area contributed by atoms with Crippen molar-refractivity contribution in [3.63, 3.8) is 0 Å². The van der Waals surface area contributed by atoms with E-state index in [1.807, 2.05) is 57.4 Å². The summed E-state index contributed by atoms with van der Waals surface area (Å²) in [6.07, 6.45) is 0. The molecule has 1 rings (SSSR count). The Morgan fingerprint density at radius 3 is 2.45 bits per heavy atom. The molecule has 0 fully saturated rings. The van der Waals surface area contributed by atoms with Crippen LogP contribution >= 0.6 is 45.9 Å². The van der Waals surface area contributed by atoms with Gasteiger partial charge in [-0.15, -0.1) is 0 Å². The number of para-hydroxylation sites is 2. The van der Waals surface area contributed by atoms with Gasteiger partial charge in [-0.05, 0) is 12.1 Å². The molecule has 0 spiro atoms. The zero-order chi connectivity index (χ0) is 8.27. The van der Waals surface area contributed by atoms with Crippen molar-refractivity contribution in [1.29, 1.82) is 0 Å². The second-order valence-electron chi connectivity index (χ2n) is 2.02. The molecule has 60 valence electrons. The van der Waals surface area contributed by atoms with Crippen molar-refractivity contribution in [3.8, 4) is 5.75 Å². The summed E-state index contributed by atoms with van der Waals surface area (Å²) in [6, 6.07) is 7.90. The summed E-state index contributed by atoms with van der Waals surface area (Å²) in [6.45, 7) is 0. The molecule has 0 saturated heterocycles. The highest BCUT2D eigenvalue weighted by Crippen LogP contribution is 2.29. The monoisotopic (exact) mass is 375 g/mol. The molecule has 0 bridgehead atoms. The standard InChI is InChI=1S/C7H7I2NO/c1-10(8)6-4-2-3-5-7(6)11-9/h2-5H,1H3. The maximum absolute atomic E-state index is 5.13. The predicted octanol–water partition coefficient (Wildman–Crippen LogP) is 3.20. The molecule has 0 aliphatic carbocycles. The van der Waals surface area contributed by atoms with Crippen molar-refractivity contribution in [2.75, 3.05) is 10.2 Å². The second-order valence-corrected chi connectivity index (χ2v) is 3.91. The molecule has 1 aromatic rings. The van der Waals surface area contributed by atoms with Gasteiger partial charge in [0.05, 0.1) is 28.6 Å².